The van der Waals surface area contributed by atoms with Crippen LogP contribution in [0.4, 0.5) is 5.82 Å². The lowest BCUT2D eigenvalue weighted by atomic mass is 10.0. The molecule has 0 aliphatic rings. The van der Waals surface area contributed by atoms with Crippen LogP contribution >= 0.6 is 0 Å². The van der Waals surface area contributed by atoms with Gasteiger partial charge in [0.2, 0.25) is 0 Å². The molecular weight excluding hydrogens is 256 g/mol. The molecule has 0 aliphatic carbocycles. The summed E-state index contributed by atoms with van der Waals surface area (Å²) in [6.07, 6.45) is 1.45. The topological polar surface area (TPSA) is 90.1 Å². The minimum absolute atomic E-state index is 0.0113. The fourth-order valence-corrected chi connectivity index (χ4v) is 2.15. The van der Waals surface area contributed by atoms with Gasteiger partial charge in [-0.05, 0) is 25.3 Å². The standard InChI is InChI=1S/C14H20N4O2/c1-4-10-11(9-15)14(17-16-12(10)5-2)18(6-3)8-7-13(19)20/h4-8H2,1-3H3,(H,19,20). The lowest BCUT2D eigenvalue weighted by Crippen LogP contribution is -2.28. The second-order valence-corrected chi connectivity index (χ2v) is 4.37. The predicted molar refractivity (Wildman–Crippen MR) is 75.6 cm³/mol. The minimum Gasteiger partial charge on any atom is -0.481 e. The molecule has 1 N–H and O–H groups in total. The molecule has 20 heavy (non-hydrogen) atoms. The van der Waals surface area contributed by atoms with E-state index < -0.39 is 5.97 Å². The van der Waals surface area contributed by atoms with Crippen LogP contribution in [-0.2, 0) is 17.6 Å². The molecule has 0 amide bonds. The summed E-state index contributed by atoms with van der Waals surface area (Å²) in [7, 11) is 0. The van der Waals surface area contributed by atoms with E-state index in [1.165, 1.54) is 0 Å². The number of nitriles is 1. The van der Waals surface area contributed by atoms with Gasteiger partial charge in [-0.3, -0.25) is 4.79 Å². The maximum Gasteiger partial charge on any atom is 0.305 e. The third-order valence-corrected chi connectivity index (χ3v) is 3.22. The Morgan fingerprint density at radius 3 is 2.45 bits per heavy atom. The van der Waals surface area contributed by atoms with Crippen molar-refractivity contribution >= 4 is 11.8 Å². The molecule has 0 unspecified atom stereocenters. The first kappa shape index (κ1) is 15.9. The molecule has 1 aromatic heterocycles. The van der Waals surface area contributed by atoms with Crippen molar-refractivity contribution in [3.63, 3.8) is 0 Å². The molecule has 1 rings (SSSR count). The summed E-state index contributed by atoms with van der Waals surface area (Å²) >= 11 is 0. The summed E-state index contributed by atoms with van der Waals surface area (Å²) in [4.78, 5) is 12.5. The SMILES string of the molecule is CCc1nnc(N(CC)CCC(=O)O)c(C#N)c1CC. The number of rotatable bonds is 7. The number of hydrogen-bond acceptors (Lipinski definition) is 5. The molecule has 0 aliphatic heterocycles. The summed E-state index contributed by atoms with van der Waals surface area (Å²) in [5.74, 6) is -0.374. The van der Waals surface area contributed by atoms with Crippen LogP contribution in [0.1, 0.15) is 44.0 Å². The van der Waals surface area contributed by atoms with Crippen molar-refractivity contribution < 1.29 is 9.90 Å². The van der Waals surface area contributed by atoms with E-state index in [2.05, 4.69) is 16.3 Å². The van der Waals surface area contributed by atoms with Crippen molar-refractivity contribution in [2.75, 3.05) is 18.0 Å². The molecule has 1 heterocycles. The zero-order valence-corrected chi connectivity index (χ0v) is 12.2. The zero-order chi connectivity index (χ0) is 15.1. The zero-order valence-electron chi connectivity index (χ0n) is 12.2. The summed E-state index contributed by atoms with van der Waals surface area (Å²) in [6.45, 7) is 6.78. The molecule has 108 valence electrons. The molecule has 0 atom stereocenters. The van der Waals surface area contributed by atoms with Crippen LogP contribution in [0.2, 0.25) is 0 Å². The lowest BCUT2D eigenvalue weighted by Gasteiger charge is -2.23. The van der Waals surface area contributed by atoms with E-state index in [-0.39, 0.29) is 6.42 Å². The molecule has 0 bridgehead atoms. The number of aryl methyl sites for hydroxylation is 1. The fourth-order valence-electron chi connectivity index (χ4n) is 2.15. The Kier molecular flexibility index (Phi) is 5.91. The average Bonchev–Trinajstić information content (AvgIpc) is 2.46. The summed E-state index contributed by atoms with van der Waals surface area (Å²) in [6, 6.07) is 2.20. The van der Waals surface area contributed by atoms with Crippen molar-refractivity contribution in [3.05, 3.63) is 16.8 Å². The van der Waals surface area contributed by atoms with E-state index >= 15 is 0 Å². The van der Waals surface area contributed by atoms with Crippen molar-refractivity contribution in [2.45, 2.75) is 40.0 Å². The highest BCUT2D eigenvalue weighted by molar-refractivity contribution is 5.68. The second kappa shape index (κ2) is 7.43. The van der Waals surface area contributed by atoms with E-state index in [1.807, 2.05) is 20.8 Å². The summed E-state index contributed by atoms with van der Waals surface area (Å²) < 4.78 is 0. The molecule has 0 fully saturated rings. The highest BCUT2D eigenvalue weighted by Gasteiger charge is 2.18. The van der Waals surface area contributed by atoms with E-state index in [1.54, 1.807) is 4.90 Å². The first-order valence-corrected chi connectivity index (χ1v) is 6.84. The van der Waals surface area contributed by atoms with Gasteiger partial charge in [0.05, 0.1) is 12.1 Å². The molecule has 0 spiro atoms. The molecule has 6 heteroatoms. The Hall–Kier alpha value is -2.16. The van der Waals surface area contributed by atoms with Gasteiger partial charge in [0.1, 0.15) is 11.6 Å². The van der Waals surface area contributed by atoms with Crippen LogP contribution in [0.25, 0.3) is 0 Å². The van der Waals surface area contributed by atoms with Gasteiger partial charge in [-0.25, -0.2) is 0 Å². The highest BCUT2D eigenvalue weighted by atomic mass is 16.4. The molecule has 0 saturated heterocycles. The smallest absolute Gasteiger partial charge is 0.305 e. The lowest BCUT2D eigenvalue weighted by molar-refractivity contribution is -0.136. The monoisotopic (exact) mass is 276 g/mol. The molecule has 6 nitrogen and oxygen atoms in total. The first-order chi connectivity index (χ1) is 9.58. The van der Waals surface area contributed by atoms with Crippen molar-refractivity contribution in [3.8, 4) is 6.07 Å². The molecular formula is C14H20N4O2. The van der Waals surface area contributed by atoms with Gasteiger partial charge in [0.15, 0.2) is 5.82 Å². The van der Waals surface area contributed by atoms with Crippen LogP contribution in [0, 0.1) is 11.3 Å². The third kappa shape index (κ3) is 3.44. The van der Waals surface area contributed by atoms with Gasteiger partial charge in [0, 0.05) is 13.1 Å². The van der Waals surface area contributed by atoms with E-state index in [0.717, 1.165) is 17.7 Å². The third-order valence-electron chi connectivity index (χ3n) is 3.22. The van der Waals surface area contributed by atoms with Gasteiger partial charge in [-0.15, -0.1) is 5.10 Å². The Labute approximate surface area is 119 Å². The normalized spacial score (nSPS) is 10.1. The number of aromatic nitrogens is 2. The number of aliphatic carboxylic acids is 1. The number of hydrogen-bond donors (Lipinski definition) is 1. The Morgan fingerprint density at radius 1 is 1.30 bits per heavy atom. The highest BCUT2D eigenvalue weighted by Crippen LogP contribution is 2.23. The maximum atomic E-state index is 10.7. The number of carboxylic acids is 1. The molecule has 1 aromatic rings. The van der Waals surface area contributed by atoms with Gasteiger partial charge >= 0.3 is 5.97 Å². The Morgan fingerprint density at radius 2 is 2.00 bits per heavy atom. The quantitative estimate of drug-likeness (QED) is 0.816. The number of carbonyl (C=O) groups is 1. The van der Waals surface area contributed by atoms with Crippen molar-refractivity contribution in [1.82, 2.24) is 10.2 Å². The summed E-state index contributed by atoms with van der Waals surface area (Å²) in [5.41, 5.74) is 2.27. The second-order valence-electron chi connectivity index (χ2n) is 4.37. The van der Waals surface area contributed by atoms with Crippen LogP contribution < -0.4 is 4.90 Å². The largest absolute Gasteiger partial charge is 0.481 e. The van der Waals surface area contributed by atoms with Crippen LogP contribution in [0.3, 0.4) is 0 Å². The van der Waals surface area contributed by atoms with Crippen molar-refractivity contribution in [1.29, 1.82) is 5.26 Å². The van der Waals surface area contributed by atoms with Gasteiger partial charge < -0.3 is 10.0 Å². The van der Waals surface area contributed by atoms with Crippen molar-refractivity contribution in [2.24, 2.45) is 0 Å². The van der Waals surface area contributed by atoms with E-state index in [9.17, 15) is 10.1 Å². The molecule has 0 saturated carbocycles. The first-order valence-electron chi connectivity index (χ1n) is 6.84. The number of nitrogens with zero attached hydrogens (tertiary/aromatic N) is 4. The van der Waals surface area contributed by atoms with Gasteiger partial charge in [-0.2, -0.15) is 10.4 Å². The Bertz CT molecular complexity index is 523. The number of carboxylic acid groups (broad SMARTS) is 1. The van der Waals surface area contributed by atoms with Gasteiger partial charge in [-0.1, -0.05) is 13.8 Å². The van der Waals surface area contributed by atoms with Crippen LogP contribution in [-0.4, -0.2) is 34.4 Å². The predicted octanol–water partition coefficient (Wildman–Crippen LogP) is 1.77. The molecule has 0 aromatic carbocycles. The van der Waals surface area contributed by atoms with Crippen LogP contribution in [0.5, 0.6) is 0 Å². The van der Waals surface area contributed by atoms with E-state index in [4.69, 9.17) is 5.11 Å². The van der Waals surface area contributed by atoms with E-state index in [0.29, 0.717) is 30.9 Å². The summed E-state index contributed by atoms with van der Waals surface area (Å²) in [5, 5.41) is 26.5. The Balaban J connectivity index is 3.22. The number of anilines is 1. The minimum atomic E-state index is -0.865. The van der Waals surface area contributed by atoms with Gasteiger partial charge in [0.25, 0.3) is 0 Å². The molecule has 0 radical (unpaired) electrons. The average molecular weight is 276 g/mol. The fraction of sp³-hybridized carbons (Fsp3) is 0.571. The van der Waals surface area contributed by atoms with Crippen LogP contribution in [0.15, 0.2) is 0 Å². The maximum absolute atomic E-state index is 10.7.